The van der Waals surface area contributed by atoms with E-state index in [4.69, 9.17) is 9.47 Å². The van der Waals surface area contributed by atoms with E-state index in [1.54, 1.807) is 7.11 Å². The maximum absolute atomic E-state index is 12.0. The number of para-hydroxylation sites is 2. The number of benzene rings is 3. The summed E-state index contributed by atoms with van der Waals surface area (Å²) < 4.78 is 10.9. The molecule has 0 unspecified atom stereocenters. The molecule has 0 spiro atoms. The number of ether oxygens (including phenoxy) is 2. The number of nitrogens with zero attached hydrogens (tertiary/aromatic N) is 1. The predicted molar refractivity (Wildman–Crippen MR) is 106 cm³/mol. The number of hydrazone groups is 1. The SMILES string of the molecule is COc1ccccc1C=NNC(=O)COc1ccccc1-c1ccccc1. The van der Waals surface area contributed by atoms with E-state index in [2.05, 4.69) is 10.5 Å². The second kappa shape index (κ2) is 9.20. The molecule has 3 aromatic rings. The average Bonchev–Trinajstić information content (AvgIpc) is 2.73. The molecule has 5 nitrogen and oxygen atoms in total. The van der Waals surface area contributed by atoms with Crippen molar-refractivity contribution in [2.45, 2.75) is 0 Å². The fourth-order valence-corrected chi connectivity index (χ4v) is 2.57. The topological polar surface area (TPSA) is 59.9 Å². The van der Waals surface area contributed by atoms with E-state index in [1.807, 2.05) is 78.9 Å². The van der Waals surface area contributed by atoms with E-state index in [9.17, 15) is 4.79 Å². The first-order chi connectivity index (χ1) is 13.3. The van der Waals surface area contributed by atoms with Gasteiger partial charge in [-0.05, 0) is 23.8 Å². The maximum atomic E-state index is 12.0. The van der Waals surface area contributed by atoms with Gasteiger partial charge in [-0.1, -0.05) is 60.7 Å². The van der Waals surface area contributed by atoms with Gasteiger partial charge in [0, 0.05) is 11.1 Å². The number of amides is 1. The molecule has 0 saturated heterocycles. The zero-order valence-corrected chi connectivity index (χ0v) is 15.0. The van der Waals surface area contributed by atoms with Crippen molar-refractivity contribution in [1.29, 1.82) is 0 Å². The summed E-state index contributed by atoms with van der Waals surface area (Å²) in [5.41, 5.74) is 5.20. The van der Waals surface area contributed by atoms with Crippen LogP contribution in [0.4, 0.5) is 0 Å². The zero-order chi connectivity index (χ0) is 18.9. The normalized spacial score (nSPS) is 10.6. The lowest BCUT2D eigenvalue weighted by Gasteiger charge is -2.11. The maximum Gasteiger partial charge on any atom is 0.277 e. The van der Waals surface area contributed by atoms with E-state index in [0.29, 0.717) is 11.5 Å². The third-order valence-corrected chi connectivity index (χ3v) is 3.86. The average molecular weight is 360 g/mol. The first-order valence-corrected chi connectivity index (χ1v) is 8.50. The highest BCUT2D eigenvalue weighted by molar-refractivity contribution is 5.85. The number of methoxy groups -OCH3 is 1. The van der Waals surface area contributed by atoms with Crippen LogP contribution in [0.15, 0.2) is 84.0 Å². The van der Waals surface area contributed by atoms with Crippen LogP contribution in [-0.4, -0.2) is 25.8 Å². The van der Waals surface area contributed by atoms with E-state index in [-0.39, 0.29) is 12.5 Å². The molecule has 0 atom stereocenters. The lowest BCUT2D eigenvalue weighted by Crippen LogP contribution is -2.24. The lowest BCUT2D eigenvalue weighted by molar-refractivity contribution is -0.123. The Morgan fingerprint density at radius 3 is 2.37 bits per heavy atom. The third-order valence-electron chi connectivity index (χ3n) is 3.86. The molecule has 136 valence electrons. The second-order valence-electron chi connectivity index (χ2n) is 5.69. The minimum atomic E-state index is -0.344. The van der Waals surface area contributed by atoms with Gasteiger partial charge in [-0.3, -0.25) is 4.79 Å². The van der Waals surface area contributed by atoms with E-state index >= 15 is 0 Å². The van der Waals surface area contributed by atoms with Crippen molar-refractivity contribution in [3.8, 4) is 22.6 Å². The van der Waals surface area contributed by atoms with Crippen LogP contribution in [0.25, 0.3) is 11.1 Å². The molecule has 0 saturated carbocycles. The number of carbonyl (C=O) groups is 1. The van der Waals surface area contributed by atoms with Crippen LogP contribution in [0.5, 0.6) is 11.5 Å². The molecule has 1 N–H and O–H groups in total. The predicted octanol–water partition coefficient (Wildman–Crippen LogP) is 3.89. The summed E-state index contributed by atoms with van der Waals surface area (Å²) in [5.74, 6) is 0.986. The molecule has 0 aromatic heterocycles. The fraction of sp³-hybridized carbons (Fsp3) is 0.0909. The van der Waals surface area contributed by atoms with Crippen molar-refractivity contribution in [1.82, 2.24) is 5.43 Å². The molecule has 0 aliphatic carbocycles. The van der Waals surface area contributed by atoms with Crippen LogP contribution in [0.1, 0.15) is 5.56 Å². The Labute approximate surface area is 158 Å². The van der Waals surface area contributed by atoms with Crippen LogP contribution in [0.2, 0.25) is 0 Å². The van der Waals surface area contributed by atoms with Gasteiger partial charge in [-0.2, -0.15) is 5.10 Å². The number of carbonyl (C=O) groups excluding carboxylic acids is 1. The first kappa shape index (κ1) is 18.2. The molecular weight excluding hydrogens is 340 g/mol. The Morgan fingerprint density at radius 2 is 1.59 bits per heavy atom. The van der Waals surface area contributed by atoms with Gasteiger partial charge in [0.25, 0.3) is 5.91 Å². The molecule has 27 heavy (non-hydrogen) atoms. The van der Waals surface area contributed by atoms with Crippen LogP contribution >= 0.6 is 0 Å². The zero-order valence-electron chi connectivity index (χ0n) is 15.0. The van der Waals surface area contributed by atoms with Crippen molar-refractivity contribution in [2.75, 3.05) is 13.7 Å². The van der Waals surface area contributed by atoms with Gasteiger partial charge in [-0.25, -0.2) is 5.43 Å². The van der Waals surface area contributed by atoms with Crippen LogP contribution < -0.4 is 14.9 Å². The van der Waals surface area contributed by atoms with Gasteiger partial charge >= 0.3 is 0 Å². The molecule has 1 amide bonds. The molecule has 0 heterocycles. The molecule has 0 aliphatic rings. The van der Waals surface area contributed by atoms with Gasteiger partial charge in [-0.15, -0.1) is 0 Å². The highest BCUT2D eigenvalue weighted by Crippen LogP contribution is 2.29. The third kappa shape index (κ3) is 4.95. The lowest BCUT2D eigenvalue weighted by atomic mass is 10.1. The largest absolute Gasteiger partial charge is 0.496 e. The standard InChI is InChI=1S/C22H20N2O3/c1-26-20-13-7-5-11-18(20)15-23-24-22(25)16-27-21-14-8-6-12-19(21)17-9-3-2-4-10-17/h2-15H,16H2,1H3,(H,24,25). The summed E-state index contributed by atoms with van der Waals surface area (Å²) in [7, 11) is 1.59. The summed E-state index contributed by atoms with van der Waals surface area (Å²) in [6, 6.07) is 24.9. The van der Waals surface area contributed by atoms with Crippen molar-refractivity contribution in [3.05, 3.63) is 84.4 Å². The quantitative estimate of drug-likeness (QED) is 0.514. The summed E-state index contributed by atoms with van der Waals surface area (Å²) in [6.07, 6.45) is 1.54. The van der Waals surface area contributed by atoms with Crippen molar-refractivity contribution in [3.63, 3.8) is 0 Å². The minimum absolute atomic E-state index is 0.132. The molecule has 3 aromatic carbocycles. The Kier molecular flexibility index (Phi) is 6.20. The number of hydrogen-bond donors (Lipinski definition) is 1. The van der Waals surface area contributed by atoms with Gasteiger partial charge in [0.15, 0.2) is 6.61 Å². The smallest absolute Gasteiger partial charge is 0.277 e. The molecule has 0 radical (unpaired) electrons. The Morgan fingerprint density at radius 1 is 0.926 bits per heavy atom. The molecule has 0 aliphatic heterocycles. The number of rotatable bonds is 7. The van der Waals surface area contributed by atoms with Crippen LogP contribution in [0.3, 0.4) is 0 Å². The summed E-state index contributed by atoms with van der Waals surface area (Å²) in [4.78, 5) is 12.0. The van der Waals surface area contributed by atoms with Gasteiger partial charge in [0.1, 0.15) is 11.5 Å². The van der Waals surface area contributed by atoms with Gasteiger partial charge in [0.05, 0.1) is 13.3 Å². The molecule has 0 fully saturated rings. The fourth-order valence-electron chi connectivity index (χ4n) is 2.57. The van der Waals surface area contributed by atoms with Crippen molar-refractivity contribution in [2.24, 2.45) is 5.10 Å². The van der Waals surface area contributed by atoms with Crippen molar-refractivity contribution < 1.29 is 14.3 Å². The highest BCUT2D eigenvalue weighted by Gasteiger charge is 2.07. The van der Waals surface area contributed by atoms with Crippen molar-refractivity contribution >= 4 is 12.1 Å². The minimum Gasteiger partial charge on any atom is -0.496 e. The van der Waals surface area contributed by atoms with E-state index in [1.165, 1.54) is 6.21 Å². The number of hydrogen-bond acceptors (Lipinski definition) is 4. The summed E-state index contributed by atoms with van der Waals surface area (Å²) in [5, 5.41) is 3.96. The molecular formula is C22H20N2O3. The number of nitrogens with one attached hydrogen (secondary N) is 1. The first-order valence-electron chi connectivity index (χ1n) is 8.50. The summed E-state index contributed by atoms with van der Waals surface area (Å²) >= 11 is 0. The Hall–Kier alpha value is -3.60. The Bertz CT molecular complexity index is 924. The van der Waals surface area contributed by atoms with E-state index < -0.39 is 0 Å². The molecule has 0 bridgehead atoms. The van der Waals surface area contributed by atoms with Crippen LogP contribution in [0, 0.1) is 0 Å². The van der Waals surface area contributed by atoms with Crippen LogP contribution in [-0.2, 0) is 4.79 Å². The summed E-state index contributed by atoms with van der Waals surface area (Å²) in [6.45, 7) is -0.132. The molecule has 5 heteroatoms. The van der Waals surface area contributed by atoms with Gasteiger partial charge < -0.3 is 9.47 Å². The highest BCUT2D eigenvalue weighted by atomic mass is 16.5. The molecule has 3 rings (SSSR count). The Balaban J connectivity index is 1.59. The van der Waals surface area contributed by atoms with Gasteiger partial charge in [0.2, 0.25) is 0 Å². The second-order valence-corrected chi connectivity index (χ2v) is 5.69. The monoisotopic (exact) mass is 360 g/mol. The van der Waals surface area contributed by atoms with E-state index in [0.717, 1.165) is 16.7 Å².